The molecule has 0 aliphatic heterocycles. The van der Waals surface area contributed by atoms with Crippen LogP contribution in [0.3, 0.4) is 0 Å². The van der Waals surface area contributed by atoms with Gasteiger partial charge in [0.25, 0.3) is 5.91 Å². The van der Waals surface area contributed by atoms with Gasteiger partial charge in [-0.15, -0.1) is 0 Å². The summed E-state index contributed by atoms with van der Waals surface area (Å²) < 4.78 is 10.0. The fourth-order valence-electron chi connectivity index (χ4n) is 1.84. The van der Waals surface area contributed by atoms with Crippen LogP contribution in [0.1, 0.15) is 17.3 Å². The smallest absolute Gasteiger partial charge is 0.344 e. The van der Waals surface area contributed by atoms with Gasteiger partial charge in [0.15, 0.2) is 6.61 Å². The Bertz CT molecular complexity index is 732. The normalized spacial score (nSPS) is 10.1. The molecule has 5 nitrogen and oxygen atoms in total. The maximum atomic E-state index is 12.2. The molecule has 0 spiro atoms. The van der Waals surface area contributed by atoms with Crippen LogP contribution in [0, 0.1) is 0 Å². The van der Waals surface area contributed by atoms with Gasteiger partial charge in [-0.25, -0.2) is 4.79 Å². The van der Waals surface area contributed by atoms with Crippen molar-refractivity contribution in [2.24, 2.45) is 0 Å². The predicted octanol–water partition coefficient (Wildman–Crippen LogP) is 4.19. The van der Waals surface area contributed by atoms with E-state index in [1.165, 1.54) is 0 Å². The Morgan fingerprint density at radius 3 is 2.46 bits per heavy atom. The van der Waals surface area contributed by atoms with Crippen molar-refractivity contribution in [1.29, 1.82) is 0 Å². The van der Waals surface area contributed by atoms with E-state index in [0.29, 0.717) is 28.6 Å². The lowest BCUT2D eigenvalue weighted by Crippen LogP contribution is -2.15. The van der Waals surface area contributed by atoms with Crippen molar-refractivity contribution in [3.63, 3.8) is 0 Å². The van der Waals surface area contributed by atoms with Crippen LogP contribution < -0.4 is 10.1 Å². The molecule has 24 heavy (non-hydrogen) atoms. The summed E-state index contributed by atoms with van der Waals surface area (Å²) in [7, 11) is 0. The number of nitrogens with one attached hydrogen (secondary N) is 1. The van der Waals surface area contributed by atoms with Gasteiger partial charge in [-0.3, -0.25) is 4.79 Å². The van der Waals surface area contributed by atoms with Crippen LogP contribution in [-0.2, 0) is 9.53 Å². The third kappa shape index (κ3) is 4.88. The SMILES string of the molecule is CCOC(=O)COc1ccc(C(=O)Nc2cccc(Cl)c2Cl)cc1. The minimum Gasteiger partial charge on any atom is -0.482 e. The monoisotopic (exact) mass is 367 g/mol. The van der Waals surface area contributed by atoms with Crippen molar-refractivity contribution < 1.29 is 19.1 Å². The molecule has 1 amide bonds. The Labute approximate surface area is 149 Å². The largest absolute Gasteiger partial charge is 0.482 e. The van der Waals surface area contributed by atoms with Crippen LogP contribution in [0.2, 0.25) is 10.0 Å². The van der Waals surface area contributed by atoms with Gasteiger partial charge in [-0.05, 0) is 43.3 Å². The molecule has 0 unspecified atom stereocenters. The number of esters is 1. The molecule has 0 heterocycles. The maximum Gasteiger partial charge on any atom is 0.344 e. The fraction of sp³-hybridized carbons (Fsp3) is 0.176. The van der Waals surface area contributed by atoms with Crippen molar-refractivity contribution in [3.8, 4) is 5.75 Å². The molecular formula is C17H15Cl2NO4. The number of benzene rings is 2. The van der Waals surface area contributed by atoms with E-state index in [9.17, 15) is 9.59 Å². The van der Waals surface area contributed by atoms with Gasteiger partial charge >= 0.3 is 5.97 Å². The highest BCUT2D eigenvalue weighted by atomic mass is 35.5. The van der Waals surface area contributed by atoms with E-state index in [1.807, 2.05) is 0 Å². The zero-order chi connectivity index (χ0) is 17.5. The summed E-state index contributed by atoms with van der Waals surface area (Å²) in [5.74, 6) is -0.327. The number of carbonyl (C=O) groups excluding carboxylic acids is 2. The molecule has 1 N–H and O–H groups in total. The van der Waals surface area contributed by atoms with Crippen molar-refractivity contribution in [3.05, 3.63) is 58.1 Å². The maximum absolute atomic E-state index is 12.2. The Morgan fingerprint density at radius 1 is 1.08 bits per heavy atom. The number of carbonyl (C=O) groups is 2. The van der Waals surface area contributed by atoms with Crippen LogP contribution >= 0.6 is 23.2 Å². The van der Waals surface area contributed by atoms with Crippen LogP contribution in [0.15, 0.2) is 42.5 Å². The molecule has 0 fully saturated rings. The lowest BCUT2D eigenvalue weighted by Gasteiger charge is -2.09. The minimum absolute atomic E-state index is 0.183. The molecular weight excluding hydrogens is 353 g/mol. The number of rotatable bonds is 6. The summed E-state index contributed by atoms with van der Waals surface area (Å²) in [4.78, 5) is 23.4. The van der Waals surface area contributed by atoms with E-state index in [1.54, 1.807) is 49.4 Å². The highest BCUT2D eigenvalue weighted by molar-refractivity contribution is 6.44. The molecule has 0 aliphatic carbocycles. The van der Waals surface area contributed by atoms with Gasteiger partial charge in [0.2, 0.25) is 0 Å². The number of amides is 1. The second-order valence-electron chi connectivity index (χ2n) is 4.67. The van der Waals surface area contributed by atoms with Crippen molar-refractivity contribution in [1.82, 2.24) is 0 Å². The van der Waals surface area contributed by atoms with Crippen LogP contribution in [0.25, 0.3) is 0 Å². The Morgan fingerprint density at radius 2 is 1.79 bits per heavy atom. The first-order chi connectivity index (χ1) is 11.5. The van der Waals surface area contributed by atoms with Crippen molar-refractivity contribution in [2.45, 2.75) is 6.92 Å². The first-order valence-corrected chi connectivity index (χ1v) is 7.90. The second kappa shape index (κ2) is 8.57. The highest BCUT2D eigenvalue weighted by Crippen LogP contribution is 2.29. The van der Waals surface area contributed by atoms with E-state index in [0.717, 1.165) is 0 Å². The number of hydrogen-bond acceptors (Lipinski definition) is 4. The second-order valence-corrected chi connectivity index (χ2v) is 5.46. The van der Waals surface area contributed by atoms with Gasteiger partial charge in [-0.1, -0.05) is 29.3 Å². The Balaban J connectivity index is 1.98. The zero-order valence-electron chi connectivity index (χ0n) is 12.8. The topological polar surface area (TPSA) is 64.6 Å². The Kier molecular flexibility index (Phi) is 6.46. The summed E-state index contributed by atoms with van der Waals surface area (Å²) in [6.07, 6.45) is 0. The predicted molar refractivity (Wildman–Crippen MR) is 93.0 cm³/mol. The van der Waals surface area contributed by atoms with Crippen molar-refractivity contribution in [2.75, 3.05) is 18.5 Å². The summed E-state index contributed by atoms with van der Waals surface area (Å²) in [6, 6.07) is 11.3. The third-order valence-electron chi connectivity index (χ3n) is 2.98. The Hall–Kier alpha value is -2.24. The first kappa shape index (κ1) is 18.1. The molecule has 0 saturated carbocycles. The molecule has 2 rings (SSSR count). The molecule has 2 aromatic rings. The molecule has 0 bridgehead atoms. The quantitative estimate of drug-likeness (QED) is 0.777. The van der Waals surface area contributed by atoms with Crippen LogP contribution in [0.4, 0.5) is 5.69 Å². The minimum atomic E-state index is -0.449. The molecule has 0 radical (unpaired) electrons. The summed E-state index contributed by atoms with van der Waals surface area (Å²) in [5, 5.41) is 3.32. The molecule has 126 valence electrons. The van der Waals surface area contributed by atoms with Crippen molar-refractivity contribution >= 4 is 40.8 Å². The van der Waals surface area contributed by atoms with Gasteiger partial charge in [0.05, 0.1) is 22.3 Å². The molecule has 0 saturated heterocycles. The highest BCUT2D eigenvalue weighted by Gasteiger charge is 2.11. The molecule has 0 aromatic heterocycles. The van der Waals surface area contributed by atoms with Gasteiger partial charge in [0.1, 0.15) is 5.75 Å². The van der Waals surface area contributed by atoms with Gasteiger partial charge in [-0.2, -0.15) is 0 Å². The van der Waals surface area contributed by atoms with E-state index >= 15 is 0 Å². The standard InChI is InChI=1S/C17H15Cl2NO4/c1-2-23-15(21)10-24-12-8-6-11(7-9-12)17(22)20-14-5-3-4-13(18)16(14)19/h3-9H,2,10H2,1H3,(H,20,22). The van der Waals surface area contributed by atoms with E-state index < -0.39 is 5.97 Å². The molecule has 0 atom stereocenters. The van der Waals surface area contributed by atoms with Gasteiger partial charge in [0, 0.05) is 5.56 Å². The van der Waals surface area contributed by atoms with Gasteiger partial charge < -0.3 is 14.8 Å². The number of halogens is 2. The molecule has 2 aromatic carbocycles. The van der Waals surface area contributed by atoms with Crippen LogP contribution in [0.5, 0.6) is 5.75 Å². The number of hydrogen-bond donors (Lipinski definition) is 1. The van der Waals surface area contributed by atoms with E-state index in [2.05, 4.69) is 5.32 Å². The lowest BCUT2D eigenvalue weighted by molar-refractivity contribution is -0.145. The number of anilines is 1. The summed E-state index contributed by atoms with van der Waals surface area (Å²) in [6.45, 7) is 1.84. The number of ether oxygens (including phenoxy) is 2. The molecule has 7 heteroatoms. The molecule has 0 aliphatic rings. The zero-order valence-corrected chi connectivity index (χ0v) is 14.4. The lowest BCUT2D eigenvalue weighted by atomic mass is 10.2. The van der Waals surface area contributed by atoms with Crippen LogP contribution in [-0.4, -0.2) is 25.1 Å². The summed E-state index contributed by atoms with van der Waals surface area (Å²) >= 11 is 11.9. The first-order valence-electron chi connectivity index (χ1n) is 7.15. The van der Waals surface area contributed by atoms with E-state index in [-0.39, 0.29) is 17.5 Å². The van der Waals surface area contributed by atoms with E-state index in [4.69, 9.17) is 32.7 Å². The summed E-state index contributed by atoms with van der Waals surface area (Å²) in [5.41, 5.74) is 0.839. The average molecular weight is 368 g/mol. The fourth-order valence-corrected chi connectivity index (χ4v) is 2.19. The average Bonchev–Trinajstić information content (AvgIpc) is 2.58. The third-order valence-corrected chi connectivity index (χ3v) is 3.80.